The second-order valence-electron chi connectivity index (χ2n) is 6.72. The van der Waals surface area contributed by atoms with Gasteiger partial charge < -0.3 is 19.8 Å². The van der Waals surface area contributed by atoms with Gasteiger partial charge >= 0.3 is 0 Å². The van der Waals surface area contributed by atoms with Gasteiger partial charge in [0.25, 0.3) is 5.91 Å². The number of methoxy groups -OCH3 is 1. The number of furan rings is 1. The third kappa shape index (κ3) is 2.83. The Balaban J connectivity index is 1.80. The summed E-state index contributed by atoms with van der Waals surface area (Å²) < 4.78 is 11.0. The van der Waals surface area contributed by atoms with Gasteiger partial charge in [0.1, 0.15) is 23.1 Å². The fourth-order valence-electron chi connectivity index (χ4n) is 3.73. The molecule has 27 heavy (non-hydrogen) atoms. The average molecular weight is 364 g/mol. The predicted molar refractivity (Wildman–Crippen MR) is 101 cm³/mol. The number of carbonyl (C=O) groups excluding carboxylic acids is 2. The van der Waals surface area contributed by atoms with Crippen LogP contribution in [0.15, 0.2) is 46.9 Å². The molecular formula is C21H20N2O4. The standard InChI is InChI=1S/C21H20N2O4/c1-12-19(16-10-15(26-2)7-8-18(16)27-12)21(25)23-11-14-6-4-3-5-13(14)9-17(23)20(22)24/h3-8,10,17H,9,11H2,1-2H3,(H2,22,24)/t17-/m0/s1. The van der Waals surface area contributed by atoms with Crippen molar-refractivity contribution in [2.24, 2.45) is 5.73 Å². The molecule has 0 fully saturated rings. The van der Waals surface area contributed by atoms with Crippen LogP contribution in [0.5, 0.6) is 5.75 Å². The molecule has 1 aliphatic rings. The molecule has 0 unspecified atom stereocenters. The van der Waals surface area contributed by atoms with E-state index in [1.807, 2.05) is 24.3 Å². The van der Waals surface area contributed by atoms with E-state index in [-0.39, 0.29) is 5.91 Å². The van der Waals surface area contributed by atoms with Gasteiger partial charge in [0.05, 0.1) is 12.7 Å². The Morgan fingerprint density at radius 3 is 2.63 bits per heavy atom. The number of amides is 2. The summed E-state index contributed by atoms with van der Waals surface area (Å²) in [5.41, 5.74) is 8.73. The van der Waals surface area contributed by atoms with Crippen molar-refractivity contribution < 1.29 is 18.7 Å². The number of benzene rings is 2. The van der Waals surface area contributed by atoms with Crippen molar-refractivity contribution in [2.45, 2.75) is 25.9 Å². The Morgan fingerprint density at radius 1 is 1.19 bits per heavy atom. The summed E-state index contributed by atoms with van der Waals surface area (Å²) in [6.07, 6.45) is 0.412. The van der Waals surface area contributed by atoms with Crippen LogP contribution < -0.4 is 10.5 Å². The van der Waals surface area contributed by atoms with E-state index in [4.69, 9.17) is 14.9 Å². The number of ether oxygens (including phenoxy) is 1. The van der Waals surface area contributed by atoms with Gasteiger partial charge in [-0.15, -0.1) is 0 Å². The summed E-state index contributed by atoms with van der Waals surface area (Å²) in [6, 6.07) is 12.4. The van der Waals surface area contributed by atoms with E-state index in [1.54, 1.807) is 37.1 Å². The molecule has 1 aromatic heterocycles. The van der Waals surface area contributed by atoms with E-state index in [2.05, 4.69) is 0 Å². The number of fused-ring (bicyclic) bond motifs is 2. The first-order valence-corrected chi connectivity index (χ1v) is 8.73. The lowest BCUT2D eigenvalue weighted by atomic mass is 9.92. The van der Waals surface area contributed by atoms with Crippen LogP contribution in [0.3, 0.4) is 0 Å². The minimum absolute atomic E-state index is 0.266. The van der Waals surface area contributed by atoms with Gasteiger partial charge in [0, 0.05) is 18.4 Å². The van der Waals surface area contributed by atoms with Crippen LogP contribution in [-0.4, -0.2) is 29.9 Å². The first-order chi connectivity index (χ1) is 13.0. The van der Waals surface area contributed by atoms with E-state index in [1.165, 1.54) is 0 Å². The van der Waals surface area contributed by atoms with Crippen molar-refractivity contribution in [2.75, 3.05) is 7.11 Å². The molecule has 1 aliphatic heterocycles. The van der Waals surface area contributed by atoms with Crippen LogP contribution in [0.1, 0.15) is 27.2 Å². The molecule has 1 atom stereocenters. The Hall–Kier alpha value is -3.28. The highest BCUT2D eigenvalue weighted by atomic mass is 16.5. The van der Waals surface area contributed by atoms with Crippen LogP contribution in [0, 0.1) is 6.92 Å². The monoisotopic (exact) mass is 364 g/mol. The lowest BCUT2D eigenvalue weighted by Crippen LogP contribution is -2.51. The maximum Gasteiger partial charge on any atom is 0.259 e. The van der Waals surface area contributed by atoms with Gasteiger partial charge in [-0.05, 0) is 36.2 Å². The van der Waals surface area contributed by atoms with Gasteiger partial charge in [-0.1, -0.05) is 24.3 Å². The first kappa shape index (κ1) is 17.1. The van der Waals surface area contributed by atoms with E-state index >= 15 is 0 Å². The maximum absolute atomic E-state index is 13.4. The predicted octanol–water partition coefficient (Wildman–Crippen LogP) is 2.80. The van der Waals surface area contributed by atoms with E-state index in [0.29, 0.717) is 41.0 Å². The number of nitrogens with two attached hydrogens (primary N) is 1. The molecule has 6 heteroatoms. The molecule has 0 aliphatic carbocycles. The van der Waals surface area contributed by atoms with Crippen LogP contribution in [0.4, 0.5) is 0 Å². The first-order valence-electron chi connectivity index (χ1n) is 8.73. The number of carbonyl (C=O) groups is 2. The Morgan fingerprint density at radius 2 is 1.93 bits per heavy atom. The molecule has 2 aromatic carbocycles. The molecule has 0 radical (unpaired) electrons. The van der Waals surface area contributed by atoms with Crippen molar-refractivity contribution in [3.05, 3.63) is 64.9 Å². The SMILES string of the molecule is COc1ccc2oc(C)c(C(=O)N3Cc4ccccc4C[C@H]3C(N)=O)c2c1. The normalized spacial score (nSPS) is 16.2. The van der Waals surface area contributed by atoms with Gasteiger partial charge in [-0.2, -0.15) is 0 Å². The number of primary amides is 1. The zero-order valence-electron chi connectivity index (χ0n) is 15.2. The van der Waals surface area contributed by atoms with Gasteiger partial charge in [-0.25, -0.2) is 0 Å². The van der Waals surface area contributed by atoms with Crippen molar-refractivity contribution in [3.63, 3.8) is 0 Å². The second-order valence-corrected chi connectivity index (χ2v) is 6.72. The van der Waals surface area contributed by atoms with E-state index in [0.717, 1.165) is 11.1 Å². The summed E-state index contributed by atoms with van der Waals surface area (Å²) in [7, 11) is 1.57. The van der Waals surface area contributed by atoms with Crippen molar-refractivity contribution in [1.82, 2.24) is 4.90 Å². The van der Waals surface area contributed by atoms with Crippen LogP contribution in [0.2, 0.25) is 0 Å². The summed E-state index contributed by atoms with van der Waals surface area (Å²) in [5, 5.41) is 0.666. The highest BCUT2D eigenvalue weighted by Crippen LogP contribution is 2.32. The zero-order chi connectivity index (χ0) is 19.1. The molecule has 2 amide bonds. The quantitative estimate of drug-likeness (QED) is 0.774. The molecular weight excluding hydrogens is 344 g/mol. The van der Waals surface area contributed by atoms with Crippen molar-refractivity contribution in [1.29, 1.82) is 0 Å². The fourth-order valence-corrected chi connectivity index (χ4v) is 3.73. The van der Waals surface area contributed by atoms with E-state index in [9.17, 15) is 9.59 Å². The third-order valence-electron chi connectivity index (χ3n) is 5.12. The molecule has 0 saturated heterocycles. The number of rotatable bonds is 3. The molecule has 0 bridgehead atoms. The molecule has 0 saturated carbocycles. The van der Waals surface area contributed by atoms with Gasteiger partial charge in [0.15, 0.2) is 0 Å². The minimum Gasteiger partial charge on any atom is -0.497 e. The average Bonchev–Trinajstić information content (AvgIpc) is 3.01. The minimum atomic E-state index is -0.692. The highest BCUT2D eigenvalue weighted by molar-refractivity contribution is 6.08. The third-order valence-corrected chi connectivity index (χ3v) is 5.12. The molecule has 2 N–H and O–H groups in total. The number of hydrogen-bond acceptors (Lipinski definition) is 4. The number of hydrogen-bond donors (Lipinski definition) is 1. The fraction of sp³-hybridized carbons (Fsp3) is 0.238. The topological polar surface area (TPSA) is 85.8 Å². The van der Waals surface area contributed by atoms with Gasteiger partial charge in [-0.3, -0.25) is 9.59 Å². The lowest BCUT2D eigenvalue weighted by molar-refractivity contribution is -0.122. The Kier molecular flexibility index (Phi) is 4.11. The van der Waals surface area contributed by atoms with Crippen LogP contribution in [-0.2, 0) is 17.8 Å². The van der Waals surface area contributed by atoms with Crippen LogP contribution in [0.25, 0.3) is 11.0 Å². The zero-order valence-corrected chi connectivity index (χ0v) is 15.2. The smallest absolute Gasteiger partial charge is 0.259 e. The van der Waals surface area contributed by atoms with Crippen LogP contribution >= 0.6 is 0 Å². The Labute approximate surface area is 156 Å². The summed E-state index contributed by atoms with van der Waals surface area (Å²) in [5.74, 6) is 0.358. The summed E-state index contributed by atoms with van der Waals surface area (Å²) in [4.78, 5) is 27.1. The van der Waals surface area contributed by atoms with E-state index < -0.39 is 11.9 Å². The van der Waals surface area contributed by atoms with Crippen molar-refractivity contribution >= 4 is 22.8 Å². The number of aryl methyl sites for hydroxylation is 1. The molecule has 4 rings (SSSR count). The van der Waals surface area contributed by atoms with Crippen molar-refractivity contribution in [3.8, 4) is 5.75 Å². The Bertz CT molecular complexity index is 1050. The molecule has 3 aromatic rings. The molecule has 138 valence electrons. The lowest BCUT2D eigenvalue weighted by Gasteiger charge is -2.35. The highest BCUT2D eigenvalue weighted by Gasteiger charge is 2.35. The number of nitrogens with zero attached hydrogens (tertiary/aromatic N) is 1. The molecule has 6 nitrogen and oxygen atoms in total. The van der Waals surface area contributed by atoms with Gasteiger partial charge in [0.2, 0.25) is 5.91 Å². The summed E-state index contributed by atoms with van der Waals surface area (Å²) >= 11 is 0. The summed E-state index contributed by atoms with van der Waals surface area (Å²) in [6.45, 7) is 2.08. The second kappa shape index (κ2) is 6.46. The molecule has 0 spiro atoms. The molecule has 2 heterocycles. The largest absolute Gasteiger partial charge is 0.497 e. The maximum atomic E-state index is 13.4.